The molecule has 0 amide bonds. The monoisotopic (exact) mass is 283 g/mol. The van der Waals surface area contributed by atoms with Gasteiger partial charge in [0, 0.05) is 29.7 Å². The summed E-state index contributed by atoms with van der Waals surface area (Å²) in [4.78, 5) is 11.0. The molecule has 1 aromatic carbocycles. The number of carboxylic acids is 1. The second-order valence-electron chi connectivity index (χ2n) is 4.51. The van der Waals surface area contributed by atoms with E-state index >= 15 is 0 Å². The fourth-order valence-corrected chi connectivity index (χ4v) is 2.14. The van der Waals surface area contributed by atoms with Crippen molar-refractivity contribution in [2.45, 2.75) is 25.3 Å². The molecule has 0 saturated carbocycles. The van der Waals surface area contributed by atoms with Crippen LogP contribution < -0.4 is 19.9 Å². The summed E-state index contributed by atoms with van der Waals surface area (Å²) in [5, 5.41) is 9.06. The molecule has 1 aromatic rings. The predicted molar refractivity (Wildman–Crippen MR) is 74.7 cm³/mol. The Balaban J connectivity index is 3.41. The summed E-state index contributed by atoms with van der Waals surface area (Å²) in [5.41, 5.74) is 6.58. The van der Waals surface area contributed by atoms with E-state index in [9.17, 15) is 4.79 Å². The fourth-order valence-electron chi connectivity index (χ4n) is 2.14. The van der Waals surface area contributed by atoms with Gasteiger partial charge in [-0.15, -0.1) is 0 Å². The van der Waals surface area contributed by atoms with Gasteiger partial charge in [0.25, 0.3) is 0 Å². The average molecular weight is 283 g/mol. The quantitative estimate of drug-likeness (QED) is 0.790. The lowest BCUT2D eigenvalue weighted by Gasteiger charge is -2.24. The maximum atomic E-state index is 11.0. The van der Waals surface area contributed by atoms with Crippen molar-refractivity contribution in [2.75, 3.05) is 21.3 Å². The van der Waals surface area contributed by atoms with E-state index in [0.717, 1.165) is 0 Å². The molecule has 20 heavy (non-hydrogen) atoms. The van der Waals surface area contributed by atoms with Crippen LogP contribution >= 0.6 is 0 Å². The van der Waals surface area contributed by atoms with E-state index in [4.69, 9.17) is 25.1 Å². The molecule has 6 nitrogen and oxygen atoms in total. The summed E-state index contributed by atoms with van der Waals surface area (Å²) in [5.74, 6) is 0.242. The number of rotatable bonds is 7. The normalized spacial score (nSPS) is 13.4. The van der Waals surface area contributed by atoms with Gasteiger partial charge in [-0.3, -0.25) is 4.79 Å². The third kappa shape index (κ3) is 3.54. The van der Waals surface area contributed by atoms with Gasteiger partial charge < -0.3 is 25.1 Å². The van der Waals surface area contributed by atoms with Crippen LogP contribution in [0.5, 0.6) is 17.2 Å². The van der Waals surface area contributed by atoms with E-state index in [1.54, 1.807) is 19.1 Å². The standard InChI is InChI=1S/C14H21NO5/c1-8(15)10(7-13(16)17)14-11(19-3)5-9(18-2)6-12(14)20-4/h5-6,8,10H,7,15H2,1-4H3,(H,16,17). The summed E-state index contributed by atoms with van der Waals surface area (Å²) in [6.07, 6.45) is -0.100. The van der Waals surface area contributed by atoms with Crippen LogP contribution in [0.1, 0.15) is 24.8 Å². The Morgan fingerprint density at radius 1 is 1.20 bits per heavy atom. The molecule has 0 bridgehead atoms. The van der Waals surface area contributed by atoms with Gasteiger partial charge in [0.05, 0.1) is 27.8 Å². The van der Waals surface area contributed by atoms with Gasteiger partial charge in [-0.2, -0.15) is 0 Å². The van der Waals surface area contributed by atoms with Crippen LogP contribution in [0.15, 0.2) is 12.1 Å². The van der Waals surface area contributed by atoms with Gasteiger partial charge in [0.1, 0.15) is 17.2 Å². The summed E-state index contributed by atoms with van der Waals surface area (Å²) < 4.78 is 15.8. The minimum Gasteiger partial charge on any atom is -0.496 e. The maximum absolute atomic E-state index is 11.0. The first-order valence-corrected chi connectivity index (χ1v) is 6.21. The van der Waals surface area contributed by atoms with Gasteiger partial charge in [0.15, 0.2) is 0 Å². The van der Waals surface area contributed by atoms with Gasteiger partial charge >= 0.3 is 5.97 Å². The number of aliphatic carboxylic acids is 1. The van der Waals surface area contributed by atoms with E-state index < -0.39 is 11.9 Å². The summed E-state index contributed by atoms with van der Waals surface area (Å²) in [6.45, 7) is 1.76. The van der Waals surface area contributed by atoms with Crippen LogP contribution in [-0.2, 0) is 4.79 Å². The molecule has 0 aliphatic heterocycles. The molecule has 6 heteroatoms. The number of carbonyl (C=O) groups is 1. The van der Waals surface area contributed by atoms with E-state index in [0.29, 0.717) is 22.8 Å². The number of benzene rings is 1. The molecule has 2 unspecified atom stereocenters. The van der Waals surface area contributed by atoms with Crippen molar-refractivity contribution in [2.24, 2.45) is 5.73 Å². The Bertz CT molecular complexity index is 448. The van der Waals surface area contributed by atoms with Crippen molar-refractivity contribution in [3.05, 3.63) is 17.7 Å². The Labute approximate surface area is 118 Å². The second kappa shape index (κ2) is 7.00. The number of methoxy groups -OCH3 is 3. The van der Waals surface area contributed by atoms with Gasteiger partial charge in [-0.1, -0.05) is 0 Å². The lowest BCUT2D eigenvalue weighted by atomic mass is 9.88. The highest BCUT2D eigenvalue weighted by Gasteiger charge is 2.27. The predicted octanol–water partition coefficient (Wildman–Crippen LogP) is 1.62. The van der Waals surface area contributed by atoms with Crippen molar-refractivity contribution < 1.29 is 24.1 Å². The lowest BCUT2D eigenvalue weighted by Crippen LogP contribution is -2.27. The molecule has 0 saturated heterocycles. The van der Waals surface area contributed by atoms with Gasteiger partial charge in [0.2, 0.25) is 0 Å². The van der Waals surface area contributed by atoms with Gasteiger partial charge in [-0.25, -0.2) is 0 Å². The van der Waals surface area contributed by atoms with Crippen LogP contribution in [0.3, 0.4) is 0 Å². The molecular formula is C14H21NO5. The van der Waals surface area contributed by atoms with E-state index in [-0.39, 0.29) is 12.5 Å². The van der Waals surface area contributed by atoms with Crippen LogP contribution in [0, 0.1) is 0 Å². The molecular weight excluding hydrogens is 262 g/mol. The van der Waals surface area contributed by atoms with E-state index in [1.807, 2.05) is 0 Å². The van der Waals surface area contributed by atoms with Crippen molar-refractivity contribution >= 4 is 5.97 Å². The van der Waals surface area contributed by atoms with Crippen molar-refractivity contribution in [1.29, 1.82) is 0 Å². The largest absolute Gasteiger partial charge is 0.496 e. The third-order valence-electron chi connectivity index (χ3n) is 3.15. The summed E-state index contributed by atoms with van der Waals surface area (Å²) >= 11 is 0. The van der Waals surface area contributed by atoms with Crippen molar-refractivity contribution in [3.63, 3.8) is 0 Å². The molecule has 1 rings (SSSR count). The second-order valence-corrected chi connectivity index (χ2v) is 4.51. The van der Waals surface area contributed by atoms with Crippen LogP contribution in [0.2, 0.25) is 0 Å². The highest BCUT2D eigenvalue weighted by molar-refractivity contribution is 5.69. The van der Waals surface area contributed by atoms with Crippen molar-refractivity contribution in [1.82, 2.24) is 0 Å². The highest BCUT2D eigenvalue weighted by atomic mass is 16.5. The minimum absolute atomic E-state index is 0.100. The zero-order valence-electron chi connectivity index (χ0n) is 12.2. The summed E-state index contributed by atoms with van der Waals surface area (Å²) in [7, 11) is 4.56. The minimum atomic E-state index is -0.924. The van der Waals surface area contributed by atoms with Crippen LogP contribution in [-0.4, -0.2) is 38.4 Å². The smallest absolute Gasteiger partial charge is 0.304 e. The average Bonchev–Trinajstić information content (AvgIpc) is 2.42. The van der Waals surface area contributed by atoms with E-state index in [1.165, 1.54) is 21.3 Å². The topological polar surface area (TPSA) is 91.0 Å². The van der Waals surface area contributed by atoms with Crippen LogP contribution in [0.25, 0.3) is 0 Å². The molecule has 0 aromatic heterocycles. The first-order chi connectivity index (χ1) is 9.44. The number of nitrogens with two attached hydrogens (primary N) is 1. The Morgan fingerprint density at radius 2 is 1.70 bits per heavy atom. The first kappa shape index (κ1) is 16.1. The molecule has 0 aliphatic carbocycles. The molecule has 0 fully saturated rings. The zero-order valence-corrected chi connectivity index (χ0v) is 12.2. The number of ether oxygens (including phenoxy) is 3. The summed E-state index contributed by atoms with van der Waals surface area (Å²) in [6, 6.07) is 3.02. The molecule has 3 N–H and O–H groups in total. The molecule has 0 aliphatic rings. The van der Waals surface area contributed by atoms with Gasteiger partial charge in [-0.05, 0) is 6.92 Å². The number of carboxylic acid groups (broad SMARTS) is 1. The molecule has 0 spiro atoms. The first-order valence-electron chi connectivity index (χ1n) is 6.21. The molecule has 2 atom stereocenters. The third-order valence-corrected chi connectivity index (χ3v) is 3.15. The van der Waals surface area contributed by atoms with Crippen molar-refractivity contribution in [3.8, 4) is 17.2 Å². The Kier molecular flexibility index (Phi) is 5.64. The lowest BCUT2D eigenvalue weighted by molar-refractivity contribution is -0.137. The fraction of sp³-hybridized carbons (Fsp3) is 0.500. The zero-order chi connectivity index (χ0) is 15.3. The van der Waals surface area contributed by atoms with E-state index in [2.05, 4.69) is 0 Å². The SMILES string of the molecule is COc1cc(OC)c(C(CC(=O)O)C(C)N)c(OC)c1. The Morgan fingerprint density at radius 3 is 2.00 bits per heavy atom. The Hall–Kier alpha value is -1.95. The van der Waals surface area contributed by atoms with Crippen LogP contribution in [0.4, 0.5) is 0 Å². The highest BCUT2D eigenvalue weighted by Crippen LogP contribution is 2.41. The molecule has 112 valence electrons. The molecule has 0 heterocycles. The molecule has 0 radical (unpaired) electrons. The maximum Gasteiger partial charge on any atom is 0.304 e. The number of hydrogen-bond donors (Lipinski definition) is 2. The number of hydrogen-bond acceptors (Lipinski definition) is 5.